The summed E-state index contributed by atoms with van der Waals surface area (Å²) in [5.74, 6) is 0.110. The number of carbonyl (C=O) groups is 1. The Kier molecular flexibility index (Phi) is 5.65. The molecule has 1 amide bonds. The van der Waals surface area contributed by atoms with Gasteiger partial charge in [0.05, 0.1) is 6.61 Å². The molecule has 7 heteroatoms. The van der Waals surface area contributed by atoms with E-state index in [-0.39, 0.29) is 5.91 Å². The van der Waals surface area contributed by atoms with Gasteiger partial charge in [0.2, 0.25) is 5.95 Å². The van der Waals surface area contributed by atoms with Crippen LogP contribution in [0.3, 0.4) is 0 Å². The van der Waals surface area contributed by atoms with Crippen LogP contribution in [-0.2, 0) is 4.74 Å². The second kappa shape index (κ2) is 7.70. The fraction of sp³-hybridized carbons (Fsp3) is 0.214. The second-order valence-corrected chi connectivity index (χ2v) is 5.07. The minimum absolute atomic E-state index is 0.287. The van der Waals surface area contributed by atoms with Gasteiger partial charge in [0.25, 0.3) is 5.91 Å². The third-order valence-corrected chi connectivity index (χ3v) is 3.05. The van der Waals surface area contributed by atoms with E-state index in [0.29, 0.717) is 30.5 Å². The van der Waals surface area contributed by atoms with Crippen LogP contribution in [0.4, 0.5) is 11.6 Å². The van der Waals surface area contributed by atoms with Crippen molar-refractivity contribution in [1.82, 2.24) is 9.97 Å². The summed E-state index contributed by atoms with van der Waals surface area (Å²) in [6.07, 6.45) is 1.54. The molecule has 0 aliphatic carbocycles. The average Bonchev–Trinajstić information content (AvgIpc) is 2.48. The van der Waals surface area contributed by atoms with Gasteiger partial charge >= 0.3 is 0 Å². The average molecular weight is 351 g/mol. The summed E-state index contributed by atoms with van der Waals surface area (Å²) in [7, 11) is 1.62. The van der Waals surface area contributed by atoms with Crippen LogP contribution in [0, 0.1) is 0 Å². The van der Waals surface area contributed by atoms with Crippen molar-refractivity contribution in [3.8, 4) is 0 Å². The molecule has 1 aromatic carbocycles. The van der Waals surface area contributed by atoms with E-state index in [1.807, 2.05) is 24.3 Å². The first-order valence-corrected chi connectivity index (χ1v) is 7.11. The van der Waals surface area contributed by atoms with Crippen LogP contribution in [0.25, 0.3) is 0 Å². The first-order valence-electron chi connectivity index (χ1n) is 6.32. The van der Waals surface area contributed by atoms with Crippen LogP contribution >= 0.6 is 15.9 Å². The largest absolute Gasteiger partial charge is 0.383 e. The Morgan fingerprint density at radius 2 is 2.24 bits per heavy atom. The minimum atomic E-state index is -0.287. The van der Waals surface area contributed by atoms with Gasteiger partial charge in [0.1, 0.15) is 5.69 Å². The van der Waals surface area contributed by atoms with Gasteiger partial charge < -0.3 is 15.4 Å². The highest BCUT2D eigenvalue weighted by Gasteiger charge is 2.09. The Balaban J connectivity index is 2.03. The fourth-order valence-corrected chi connectivity index (χ4v) is 2.00. The molecule has 1 aromatic heterocycles. The lowest BCUT2D eigenvalue weighted by molar-refractivity contribution is 0.102. The number of hydrogen-bond acceptors (Lipinski definition) is 5. The van der Waals surface area contributed by atoms with Gasteiger partial charge in [-0.1, -0.05) is 22.0 Å². The minimum Gasteiger partial charge on any atom is -0.383 e. The van der Waals surface area contributed by atoms with Gasteiger partial charge in [-0.2, -0.15) is 0 Å². The summed E-state index contributed by atoms with van der Waals surface area (Å²) in [4.78, 5) is 20.3. The lowest BCUT2D eigenvalue weighted by Gasteiger charge is -2.07. The van der Waals surface area contributed by atoms with Gasteiger partial charge in [-0.3, -0.25) is 4.79 Å². The summed E-state index contributed by atoms with van der Waals surface area (Å²) in [6, 6.07) is 8.92. The summed E-state index contributed by atoms with van der Waals surface area (Å²) in [5, 5.41) is 5.76. The molecule has 0 bridgehead atoms. The lowest BCUT2D eigenvalue weighted by Crippen LogP contribution is -2.16. The van der Waals surface area contributed by atoms with Crippen molar-refractivity contribution in [2.24, 2.45) is 0 Å². The molecule has 6 nitrogen and oxygen atoms in total. The number of rotatable bonds is 6. The first-order chi connectivity index (χ1) is 10.2. The summed E-state index contributed by atoms with van der Waals surface area (Å²) in [5.41, 5.74) is 0.992. The number of ether oxygens (including phenoxy) is 1. The highest BCUT2D eigenvalue weighted by atomic mass is 79.9. The first kappa shape index (κ1) is 15.4. The Bertz CT molecular complexity index is 621. The third-order valence-electron chi connectivity index (χ3n) is 2.56. The number of carbonyl (C=O) groups excluding carboxylic acids is 1. The van der Waals surface area contributed by atoms with E-state index in [2.05, 4.69) is 36.5 Å². The summed E-state index contributed by atoms with van der Waals surface area (Å²) in [6.45, 7) is 1.12. The zero-order chi connectivity index (χ0) is 15.1. The maximum absolute atomic E-state index is 12.1. The Morgan fingerprint density at radius 1 is 1.38 bits per heavy atom. The van der Waals surface area contributed by atoms with Crippen LogP contribution < -0.4 is 10.6 Å². The van der Waals surface area contributed by atoms with E-state index < -0.39 is 0 Å². The molecule has 1 heterocycles. The molecule has 110 valence electrons. The zero-order valence-electron chi connectivity index (χ0n) is 11.5. The quantitative estimate of drug-likeness (QED) is 0.783. The van der Waals surface area contributed by atoms with Crippen LogP contribution in [0.15, 0.2) is 41.0 Å². The number of nitrogens with zero attached hydrogens (tertiary/aromatic N) is 2. The van der Waals surface area contributed by atoms with E-state index in [0.717, 1.165) is 4.47 Å². The lowest BCUT2D eigenvalue weighted by atomic mass is 10.3. The fourth-order valence-electron chi connectivity index (χ4n) is 1.60. The van der Waals surface area contributed by atoms with Crippen LogP contribution in [0.5, 0.6) is 0 Å². The SMILES string of the molecule is COCCNc1nccc(C(=O)Nc2cccc(Br)c2)n1. The molecule has 2 N–H and O–H groups in total. The summed E-state index contributed by atoms with van der Waals surface area (Å²) < 4.78 is 5.82. The van der Waals surface area contributed by atoms with E-state index in [9.17, 15) is 4.79 Å². The van der Waals surface area contributed by atoms with Crippen LogP contribution in [0.1, 0.15) is 10.5 Å². The molecule has 0 aliphatic heterocycles. The van der Waals surface area contributed by atoms with Gasteiger partial charge in [-0.25, -0.2) is 9.97 Å². The number of benzene rings is 1. The molecule has 2 rings (SSSR count). The van der Waals surface area contributed by atoms with Crippen molar-refractivity contribution < 1.29 is 9.53 Å². The molecular formula is C14H15BrN4O2. The number of hydrogen-bond donors (Lipinski definition) is 2. The molecule has 0 radical (unpaired) electrons. The third kappa shape index (κ3) is 4.80. The molecular weight excluding hydrogens is 336 g/mol. The van der Waals surface area contributed by atoms with Gasteiger partial charge in [0, 0.05) is 30.0 Å². The maximum Gasteiger partial charge on any atom is 0.274 e. The number of amides is 1. The van der Waals surface area contributed by atoms with Crippen molar-refractivity contribution in [1.29, 1.82) is 0 Å². The molecule has 0 saturated heterocycles. The number of anilines is 2. The number of nitrogens with one attached hydrogen (secondary N) is 2. The Hall–Kier alpha value is -1.99. The second-order valence-electron chi connectivity index (χ2n) is 4.15. The summed E-state index contributed by atoms with van der Waals surface area (Å²) >= 11 is 3.36. The molecule has 0 saturated carbocycles. The van der Waals surface area contributed by atoms with Crippen molar-refractivity contribution in [3.63, 3.8) is 0 Å². The Morgan fingerprint density at radius 3 is 3.00 bits per heavy atom. The highest BCUT2D eigenvalue weighted by molar-refractivity contribution is 9.10. The smallest absolute Gasteiger partial charge is 0.274 e. The van der Waals surface area contributed by atoms with E-state index in [4.69, 9.17) is 4.74 Å². The highest BCUT2D eigenvalue weighted by Crippen LogP contribution is 2.16. The van der Waals surface area contributed by atoms with Crippen molar-refractivity contribution in [2.75, 3.05) is 30.9 Å². The maximum atomic E-state index is 12.1. The Labute approximate surface area is 131 Å². The molecule has 0 atom stereocenters. The standard InChI is InChI=1S/C14H15BrN4O2/c1-21-8-7-17-14-16-6-5-12(19-14)13(20)18-11-4-2-3-10(15)9-11/h2-6,9H,7-8H2,1H3,(H,18,20)(H,16,17,19). The molecule has 2 aromatic rings. The topological polar surface area (TPSA) is 76.1 Å². The molecule has 0 fully saturated rings. The predicted octanol–water partition coefficient (Wildman–Crippen LogP) is 2.55. The number of aromatic nitrogens is 2. The number of methoxy groups -OCH3 is 1. The molecule has 0 aliphatic rings. The molecule has 0 spiro atoms. The van der Waals surface area contributed by atoms with Gasteiger partial charge in [0.15, 0.2) is 0 Å². The van der Waals surface area contributed by atoms with E-state index in [1.165, 1.54) is 6.20 Å². The van der Waals surface area contributed by atoms with Crippen molar-refractivity contribution >= 4 is 33.5 Å². The van der Waals surface area contributed by atoms with Crippen LogP contribution in [-0.4, -0.2) is 36.1 Å². The monoisotopic (exact) mass is 350 g/mol. The normalized spacial score (nSPS) is 10.2. The van der Waals surface area contributed by atoms with Crippen LogP contribution in [0.2, 0.25) is 0 Å². The van der Waals surface area contributed by atoms with Gasteiger partial charge in [-0.05, 0) is 24.3 Å². The molecule has 21 heavy (non-hydrogen) atoms. The van der Waals surface area contributed by atoms with Gasteiger partial charge in [-0.15, -0.1) is 0 Å². The predicted molar refractivity (Wildman–Crippen MR) is 84.5 cm³/mol. The van der Waals surface area contributed by atoms with Crippen molar-refractivity contribution in [3.05, 3.63) is 46.7 Å². The number of halogens is 1. The zero-order valence-corrected chi connectivity index (χ0v) is 13.1. The van der Waals surface area contributed by atoms with Crippen molar-refractivity contribution in [2.45, 2.75) is 0 Å². The van der Waals surface area contributed by atoms with E-state index in [1.54, 1.807) is 13.2 Å². The van der Waals surface area contributed by atoms with E-state index >= 15 is 0 Å². The molecule has 0 unspecified atom stereocenters.